The Hall–Kier alpha value is -4.25. The van der Waals surface area contributed by atoms with Gasteiger partial charge in [0.25, 0.3) is 5.91 Å². The lowest BCUT2D eigenvalue weighted by atomic mass is 10.0. The standard InChI is InChI=1S/C27H22N4O/c1-2-19-8-15-24(16-9-19)31-29-25-17-14-23(18-26(25)30-31)28-27(32)22-12-10-21(11-13-22)20-6-4-3-5-7-20/h3-18H,2H2,1H3,(H,28,32). The fourth-order valence-electron chi connectivity index (χ4n) is 3.62. The molecule has 1 amide bonds. The smallest absolute Gasteiger partial charge is 0.255 e. The van der Waals surface area contributed by atoms with Crippen molar-refractivity contribution in [1.29, 1.82) is 0 Å². The van der Waals surface area contributed by atoms with Gasteiger partial charge in [-0.05, 0) is 65.6 Å². The van der Waals surface area contributed by atoms with Gasteiger partial charge in [-0.1, -0.05) is 61.5 Å². The lowest BCUT2D eigenvalue weighted by Gasteiger charge is -2.06. The van der Waals surface area contributed by atoms with E-state index >= 15 is 0 Å². The van der Waals surface area contributed by atoms with E-state index in [9.17, 15) is 4.79 Å². The molecule has 0 saturated heterocycles. The molecule has 1 aromatic heterocycles. The molecule has 1 N–H and O–H groups in total. The number of nitrogens with one attached hydrogen (secondary N) is 1. The molecular weight excluding hydrogens is 396 g/mol. The number of aryl methyl sites for hydroxylation is 1. The number of amides is 1. The van der Waals surface area contributed by atoms with Gasteiger partial charge in [-0.25, -0.2) is 0 Å². The van der Waals surface area contributed by atoms with E-state index in [1.807, 2.05) is 72.8 Å². The molecule has 5 aromatic rings. The van der Waals surface area contributed by atoms with Gasteiger partial charge in [0.2, 0.25) is 0 Å². The third-order valence-electron chi connectivity index (χ3n) is 5.47. The Morgan fingerprint density at radius 2 is 1.47 bits per heavy atom. The van der Waals surface area contributed by atoms with Crippen molar-refractivity contribution in [2.45, 2.75) is 13.3 Å². The molecular formula is C27H22N4O. The molecule has 0 fully saturated rings. The van der Waals surface area contributed by atoms with Gasteiger partial charge in [0.05, 0.1) is 5.69 Å². The van der Waals surface area contributed by atoms with Crippen LogP contribution in [0.25, 0.3) is 27.8 Å². The SMILES string of the molecule is CCc1ccc(-n2nc3ccc(NC(=O)c4ccc(-c5ccccc5)cc4)cc3n2)cc1. The number of anilines is 1. The Kier molecular flexibility index (Phi) is 5.22. The van der Waals surface area contributed by atoms with Crippen LogP contribution in [0.1, 0.15) is 22.8 Å². The summed E-state index contributed by atoms with van der Waals surface area (Å²) in [4.78, 5) is 14.4. The summed E-state index contributed by atoms with van der Waals surface area (Å²) in [6.07, 6.45) is 0.993. The third-order valence-corrected chi connectivity index (χ3v) is 5.47. The van der Waals surface area contributed by atoms with E-state index in [4.69, 9.17) is 0 Å². The van der Waals surface area contributed by atoms with Crippen molar-refractivity contribution in [3.05, 3.63) is 108 Å². The largest absolute Gasteiger partial charge is 0.322 e. The molecule has 4 aromatic carbocycles. The van der Waals surface area contributed by atoms with E-state index in [-0.39, 0.29) is 5.91 Å². The first-order valence-electron chi connectivity index (χ1n) is 10.6. The van der Waals surface area contributed by atoms with Crippen LogP contribution in [0.5, 0.6) is 0 Å². The van der Waals surface area contributed by atoms with Gasteiger partial charge in [-0.3, -0.25) is 4.79 Å². The van der Waals surface area contributed by atoms with Gasteiger partial charge in [0.15, 0.2) is 0 Å². The van der Waals surface area contributed by atoms with Crippen LogP contribution in [0.15, 0.2) is 97.1 Å². The summed E-state index contributed by atoms with van der Waals surface area (Å²) in [5, 5.41) is 12.1. The van der Waals surface area contributed by atoms with E-state index in [2.05, 4.69) is 46.7 Å². The van der Waals surface area contributed by atoms with Gasteiger partial charge in [0.1, 0.15) is 11.0 Å². The molecule has 0 saturated carbocycles. The first kappa shape index (κ1) is 19.7. The molecule has 156 valence electrons. The summed E-state index contributed by atoms with van der Waals surface area (Å²) >= 11 is 0. The predicted molar refractivity (Wildman–Crippen MR) is 128 cm³/mol. The van der Waals surface area contributed by atoms with Crippen molar-refractivity contribution >= 4 is 22.6 Å². The van der Waals surface area contributed by atoms with Crippen LogP contribution >= 0.6 is 0 Å². The Balaban J connectivity index is 1.34. The van der Waals surface area contributed by atoms with Crippen molar-refractivity contribution < 1.29 is 4.79 Å². The maximum Gasteiger partial charge on any atom is 0.255 e. The lowest BCUT2D eigenvalue weighted by Crippen LogP contribution is -2.11. The van der Waals surface area contributed by atoms with Gasteiger partial charge < -0.3 is 5.32 Å². The topological polar surface area (TPSA) is 59.8 Å². The molecule has 0 aliphatic carbocycles. The van der Waals surface area contributed by atoms with Crippen molar-refractivity contribution in [3.63, 3.8) is 0 Å². The molecule has 0 unspecified atom stereocenters. The first-order valence-corrected chi connectivity index (χ1v) is 10.6. The summed E-state index contributed by atoms with van der Waals surface area (Å²) in [5.74, 6) is -0.161. The van der Waals surface area contributed by atoms with Crippen LogP contribution in [0.3, 0.4) is 0 Å². The summed E-state index contributed by atoms with van der Waals surface area (Å²) in [6.45, 7) is 2.13. The van der Waals surface area contributed by atoms with E-state index in [0.29, 0.717) is 11.3 Å². The number of hydrogen-bond donors (Lipinski definition) is 1. The number of fused-ring (bicyclic) bond motifs is 1. The highest BCUT2D eigenvalue weighted by molar-refractivity contribution is 6.05. The molecule has 1 heterocycles. The minimum Gasteiger partial charge on any atom is -0.322 e. The van der Waals surface area contributed by atoms with Crippen LogP contribution in [0.2, 0.25) is 0 Å². The molecule has 5 rings (SSSR count). The third kappa shape index (κ3) is 4.01. The van der Waals surface area contributed by atoms with Gasteiger partial charge in [-0.2, -0.15) is 4.80 Å². The number of nitrogens with zero attached hydrogens (tertiary/aromatic N) is 3. The summed E-state index contributed by atoms with van der Waals surface area (Å²) in [6, 6.07) is 31.4. The molecule has 0 bridgehead atoms. The molecule has 0 aliphatic rings. The second kappa shape index (κ2) is 8.47. The zero-order valence-electron chi connectivity index (χ0n) is 17.7. The molecule has 0 spiro atoms. The number of benzene rings is 4. The molecule has 5 heteroatoms. The second-order valence-electron chi connectivity index (χ2n) is 7.61. The van der Waals surface area contributed by atoms with E-state index in [1.165, 1.54) is 5.56 Å². The highest BCUT2D eigenvalue weighted by atomic mass is 16.1. The van der Waals surface area contributed by atoms with E-state index < -0.39 is 0 Å². The zero-order valence-corrected chi connectivity index (χ0v) is 17.7. The van der Waals surface area contributed by atoms with E-state index in [0.717, 1.165) is 34.3 Å². The van der Waals surface area contributed by atoms with Gasteiger partial charge in [0, 0.05) is 11.3 Å². The maximum atomic E-state index is 12.7. The maximum absolute atomic E-state index is 12.7. The minimum absolute atomic E-state index is 0.161. The fraction of sp³-hybridized carbons (Fsp3) is 0.0741. The van der Waals surface area contributed by atoms with Crippen molar-refractivity contribution in [3.8, 4) is 16.8 Å². The van der Waals surface area contributed by atoms with Crippen LogP contribution < -0.4 is 5.32 Å². The quantitative estimate of drug-likeness (QED) is 0.386. The number of carbonyl (C=O) groups is 1. The Labute approximate surface area is 186 Å². The highest BCUT2D eigenvalue weighted by Gasteiger charge is 2.10. The molecule has 5 nitrogen and oxygen atoms in total. The lowest BCUT2D eigenvalue weighted by molar-refractivity contribution is 0.102. The average molecular weight is 419 g/mol. The average Bonchev–Trinajstić information content (AvgIpc) is 3.28. The summed E-state index contributed by atoms with van der Waals surface area (Å²) in [7, 11) is 0. The Bertz CT molecular complexity index is 1370. The monoisotopic (exact) mass is 418 g/mol. The van der Waals surface area contributed by atoms with Crippen LogP contribution in [0.4, 0.5) is 5.69 Å². The van der Waals surface area contributed by atoms with Crippen LogP contribution in [-0.4, -0.2) is 20.9 Å². The van der Waals surface area contributed by atoms with Crippen LogP contribution in [-0.2, 0) is 6.42 Å². The number of rotatable bonds is 5. The minimum atomic E-state index is -0.161. The van der Waals surface area contributed by atoms with Crippen molar-refractivity contribution in [2.24, 2.45) is 0 Å². The first-order chi connectivity index (χ1) is 15.7. The molecule has 32 heavy (non-hydrogen) atoms. The summed E-state index contributed by atoms with van der Waals surface area (Å²) < 4.78 is 0. The zero-order chi connectivity index (χ0) is 21.9. The number of carbonyl (C=O) groups excluding carboxylic acids is 1. The number of aromatic nitrogens is 3. The van der Waals surface area contributed by atoms with Crippen LogP contribution in [0, 0.1) is 0 Å². The Morgan fingerprint density at radius 1 is 0.781 bits per heavy atom. The molecule has 0 atom stereocenters. The van der Waals surface area contributed by atoms with Crippen molar-refractivity contribution in [1.82, 2.24) is 15.0 Å². The number of hydrogen-bond acceptors (Lipinski definition) is 3. The van der Waals surface area contributed by atoms with E-state index in [1.54, 1.807) is 4.80 Å². The highest BCUT2D eigenvalue weighted by Crippen LogP contribution is 2.21. The van der Waals surface area contributed by atoms with Crippen molar-refractivity contribution in [2.75, 3.05) is 5.32 Å². The predicted octanol–water partition coefficient (Wildman–Crippen LogP) is 5.90. The Morgan fingerprint density at radius 3 is 2.19 bits per heavy atom. The molecule has 0 radical (unpaired) electrons. The van der Waals surface area contributed by atoms with Gasteiger partial charge in [-0.15, -0.1) is 10.2 Å². The molecule has 0 aliphatic heterocycles. The second-order valence-corrected chi connectivity index (χ2v) is 7.61. The van der Waals surface area contributed by atoms with Gasteiger partial charge >= 0.3 is 0 Å². The normalized spacial score (nSPS) is 10.9. The summed E-state index contributed by atoms with van der Waals surface area (Å²) in [5.41, 5.74) is 7.16. The fourth-order valence-corrected chi connectivity index (χ4v) is 3.62.